The van der Waals surface area contributed by atoms with Crippen LogP contribution in [0.25, 0.3) is 22.2 Å². The number of hydrogen-bond acceptors (Lipinski definition) is 4. The second-order valence-corrected chi connectivity index (χ2v) is 12.7. The average molecular weight is 552 g/mol. The number of likely N-dealkylation sites (tertiary alicyclic amines) is 1. The zero-order chi connectivity index (χ0) is 27.6. The van der Waals surface area contributed by atoms with Crippen LogP contribution in [0.1, 0.15) is 56.9 Å². The predicted molar refractivity (Wildman–Crippen MR) is 151 cm³/mol. The Hall–Kier alpha value is -3.17. The second kappa shape index (κ2) is 11.5. The van der Waals surface area contributed by atoms with Crippen molar-refractivity contribution in [3.63, 3.8) is 0 Å². The smallest absolute Gasteiger partial charge is 0.303 e. The molecule has 0 atom stereocenters. The van der Waals surface area contributed by atoms with Gasteiger partial charge in [0.1, 0.15) is 0 Å². The number of aliphatic carboxylic acids is 1. The molecular formula is C30H37N3O5S. The highest BCUT2D eigenvalue weighted by molar-refractivity contribution is 7.89. The number of carboxylic acids is 1. The lowest BCUT2D eigenvalue weighted by Gasteiger charge is -2.34. The van der Waals surface area contributed by atoms with Gasteiger partial charge in [-0.25, -0.2) is 13.1 Å². The molecular weight excluding hydrogens is 514 g/mol. The summed E-state index contributed by atoms with van der Waals surface area (Å²) in [6.45, 7) is 1.71. The fourth-order valence-electron chi connectivity index (χ4n) is 5.97. The zero-order valence-corrected chi connectivity index (χ0v) is 23.3. The number of nitrogens with one attached hydrogen (secondary N) is 1. The first-order valence-electron chi connectivity index (χ1n) is 13.9. The minimum absolute atomic E-state index is 0.00762. The number of carboxylic acid groups (broad SMARTS) is 1. The first-order valence-corrected chi connectivity index (χ1v) is 15.4. The van der Waals surface area contributed by atoms with Crippen LogP contribution in [0.15, 0.2) is 53.4 Å². The highest BCUT2D eigenvalue weighted by atomic mass is 32.2. The van der Waals surface area contributed by atoms with E-state index in [-0.39, 0.29) is 29.2 Å². The van der Waals surface area contributed by atoms with Crippen LogP contribution in [-0.2, 0) is 33.1 Å². The number of nitrogens with zero attached hydrogens (tertiary/aromatic N) is 2. The third-order valence-electron chi connectivity index (χ3n) is 8.27. The maximum Gasteiger partial charge on any atom is 0.303 e. The number of benzene rings is 2. The molecule has 3 aromatic rings. The Morgan fingerprint density at radius 2 is 1.64 bits per heavy atom. The van der Waals surface area contributed by atoms with Gasteiger partial charge in [0.15, 0.2) is 0 Å². The zero-order valence-electron chi connectivity index (χ0n) is 22.4. The van der Waals surface area contributed by atoms with Crippen LogP contribution in [0.5, 0.6) is 0 Å². The molecule has 39 heavy (non-hydrogen) atoms. The number of hydrogen-bond donors (Lipinski definition) is 2. The Balaban J connectivity index is 1.25. The minimum Gasteiger partial charge on any atom is -0.481 e. The number of aromatic nitrogens is 1. The van der Waals surface area contributed by atoms with E-state index in [1.807, 2.05) is 52.9 Å². The van der Waals surface area contributed by atoms with Gasteiger partial charge in [0.25, 0.3) is 0 Å². The summed E-state index contributed by atoms with van der Waals surface area (Å²) in [4.78, 5) is 25.9. The molecule has 0 radical (unpaired) electrons. The summed E-state index contributed by atoms with van der Waals surface area (Å²) >= 11 is 0. The van der Waals surface area contributed by atoms with Crippen molar-refractivity contribution in [3.05, 3.63) is 54.1 Å². The summed E-state index contributed by atoms with van der Waals surface area (Å²) in [6, 6.07) is 14.9. The van der Waals surface area contributed by atoms with Crippen molar-refractivity contribution >= 4 is 32.8 Å². The fraction of sp³-hybridized carbons (Fsp3) is 0.467. The van der Waals surface area contributed by atoms with Crippen LogP contribution in [0.3, 0.4) is 0 Å². The maximum atomic E-state index is 13.3. The van der Waals surface area contributed by atoms with Crippen LogP contribution in [0.4, 0.5) is 0 Å². The second-order valence-electron chi connectivity index (χ2n) is 11.0. The molecule has 2 fully saturated rings. The van der Waals surface area contributed by atoms with Crippen LogP contribution in [-0.4, -0.2) is 54.0 Å². The summed E-state index contributed by atoms with van der Waals surface area (Å²) in [5.41, 5.74) is 3.71. The van der Waals surface area contributed by atoms with E-state index >= 15 is 0 Å². The monoisotopic (exact) mass is 551 g/mol. The number of aryl methyl sites for hydroxylation is 2. The number of fused-ring (bicyclic) bond motifs is 1. The van der Waals surface area contributed by atoms with E-state index in [4.69, 9.17) is 5.11 Å². The number of carbonyl (C=O) groups excluding carboxylic acids is 1. The van der Waals surface area contributed by atoms with Gasteiger partial charge in [-0.15, -0.1) is 0 Å². The van der Waals surface area contributed by atoms with Crippen LogP contribution < -0.4 is 4.72 Å². The molecule has 2 aromatic carbocycles. The summed E-state index contributed by atoms with van der Waals surface area (Å²) in [6.07, 6.45) is 6.70. The lowest BCUT2D eigenvalue weighted by atomic mass is 9.85. The SMILES string of the molecule is Cn1c(-c2ccc(CCC(=O)O)cc2)cc2ccc(S(=O)(=O)N[C@H]3CC[C@H](C(=O)N4CCCCC4)CC3)cc21. The van der Waals surface area contributed by atoms with Crippen molar-refractivity contribution in [2.75, 3.05) is 13.1 Å². The van der Waals surface area contributed by atoms with Crippen molar-refractivity contribution in [3.8, 4) is 11.3 Å². The van der Waals surface area contributed by atoms with Crippen molar-refractivity contribution in [2.24, 2.45) is 13.0 Å². The van der Waals surface area contributed by atoms with Gasteiger partial charge in [-0.3, -0.25) is 9.59 Å². The molecule has 208 valence electrons. The minimum atomic E-state index is -3.71. The molecule has 2 N–H and O–H groups in total. The van der Waals surface area contributed by atoms with Gasteiger partial charge in [-0.05, 0) is 80.7 Å². The number of sulfonamides is 1. The largest absolute Gasteiger partial charge is 0.481 e. The van der Waals surface area contributed by atoms with Gasteiger partial charge in [-0.1, -0.05) is 30.3 Å². The normalized spacial score (nSPS) is 20.3. The maximum absolute atomic E-state index is 13.3. The van der Waals surface area contributed by atoms with E-state index < -0.39 is 16.0 Å². The standard InChI is InChI=1S/C30H37N3O5S/c1-32-27(22-8-5-21(6-9-22)7-16-29(34)35)19-24-12-15-26(20-28(24)32)39(37,38)31-25-13-10-23(11-14-25)30(36)33-17-3-2-4-18-33/h5-6,8-9,12,15,19-20,23,25,31H,2-4,7,10-11,13-14,16-18H2,1H3,(H,34,35)/t23-,25-. The summed E-state index contributed by atoms with van der Waals surface area (Å²) in [7, 11) is -1.79. The van der Waals surface area contributed by atoms with Gasteiger partial charge in [0.2, 0.25) is 15.9 Å². The van der Waals surface area contributed by atoms with E-state index in [1.165, 1.54) is 6.42 Å². The third-order valence-corrected chi connectivity index (χ3v) is 9.79. The Morgan fingerprint density at radius 3 is 2.31 bits per heavy atom. The molecule has 5 rings (SSSR count). The van der Waals surface area contributed by atoms with Gasteiger partial charge in [0.05, 0.1) is 4.90 Å². The fourth-order valence-corrected chi connectivity index (χ4v) is 7.29. The molecule has 1 saturated heterocycles. The van der Waals surface area contributed by atoms with Gasteiger partial charge in [-0.2, -0.15) is 0 Å². The molecule has 1 aliphatic carbocycles. The van der Waals surface area contributed by atoms with E-state index in [2.05, 4.69) is 4.72 Å². The molecule has 1 aliphatic heterocycles. The van der Waals surface area contributed by atoms with Gasteiger partial charge >= 0.3 is 5.97 Å². The van der Waals surface area contributed by atoms with Crippen LogP contribution in [0, 0.1) is 5.92 Å². The van der Waals surface area contributed by atoms with E-state index in [0.717, 1.165) is 66.5 Å². The number of amides is 1. The summed E-state index contributed by atoms with van der Waals surface area (Å²) in [5.74, 6) is -0.562. The van der Waals surface area contributed by atoms with Crippen molar-refractivity contribution in [1.82, 2.24) is 14.2 Å². The third kappa shape index (κ3) is 6.20. The molecule has 2 heterocycles. The van der Waals surface area contributed by atoms with E-state index in [0.29, 0.717) is 19.3 Å². The van der Waals surface area contributed by atoms with E-state index in [1.54, 1.807) is 12.1 Å². The lowest BCUT2D eigenvalue weighted by molar-refractivity contribution is -0.138. The molecule has 0 bridgehead atoms. The molecule has 2 aliphatic rings. The van der Waals surface area contributed by atoms with E-state index in [9.17, 15) is 18.0 Å². The first-order chi connectivity index (χ1) is 18.7. The topological polar surface area (TPSA) is 109 Å². The highest BCUT2D eigenvalue weighted by Crippen LogP contribution is 2.31. The Morgan fingerprint density at radius 1 is 0.949 bits per heavy atom. The summed E-state index contributed by atoms with van der Waals surface area (Å²) < 4.78 is 31.5. The molecule has 8 nitrogen and oxygen atoms in total. The lowest BCUT2D eigenvalue weighted by Crippen LogP contribution is -2.43. The van der Waals surface area contributed by atoms with Gasteiger partial charge < -0.3 is 14.6 Å². The Kier molecular flexibility index (Phi) is 8.09. The Bertz CT molecular complexity index is 1450. The molecule has 1 aromatic heterocycles. The molecule has 0 spiro atoms. The average Bonchev–Trinajstić information content (AvgIpc) is 3.28. The summed E-state index contributed by atoms with van der Waals surface area (Å²) in [5, 5.41) is 9.85. The molecule has 9 heteroatoms. The van der Waals surface area contributed by atoms with Crippen LogP contribution in [0.2, 0.25) is 0 Å². The molecule has 1 saturated carbocycles. The van der Waals surface area contributed by atoms with Crippen molar-refractivity contribution in [2.45, 2.75) is 68.7 Å². The number of carbonyl (C=O) groups is 2. The first kappa shape index (κ1) is 27.4. The number of piperidine rings is 1. The van der Waals surface area contributed by atoms with Gasteiger partial charge in [0, 0.05) is 55.1 Å². The number of rotatable bonds is 8. The quantitative estimate of drug-likeness (QED) is 0.421. The van der Waals surface area contributed by atoms with Crippen molar-refractivity contribution < 1.29 is 23.1 Å². The van der Waals surface area contributed by atoms with Crippen LogP contribution >= 0.6 is 0 Å². The Labute approximate surface area is 230 Å². The molecule has 1 amide bonds. The predicted octanol–water partition coefficient (Wildman–Crippen LogP) is 4.71. The highest BCUT2D eigenvalue weighted by Gasteiger charge is 2.32. The van der Waals surface area contributed by atoms with Crippen molar-refractivity contribution in [1.29, 1.82) is 0 Å². The molecule has 0 unspecified atom stereocenters.